The third-order valence-corrected chi connectivity index (χ3v) is 3.00. The summed E-state index contributed by atoms with van der Waals surface area (Å²) in [7, 11) is 1.24. The molecule has 20 heavy (non-hydrogen) atoms. The number of hydrogen-bond donors (Lipinski definition) is 3. The molecule has 1 aromatic rings. The summed E-state index contributed by atoms with van der Waals surface area (Å²) in [5.41, 5.74) is 12.1. The molecule has 7 nitrogen and oxygen atoms in total. The molecule has 0 bridgehead atoms. The summed E-state index contributed by atoms with van der Waals surface area (Å²) in [6, 6.07) is 3.68. The van der Waals surface area contributed by atoms with Crippen molar-refractivity contribution in [3.63, 3.8) is 0 Å². The Balaban J connectivity index is 2.74. The topological polar surface area (TPSA) is 129 Å². The van der Waals surface area contributed by atoms with E-state index in [-0.39, 0.29) is 12.8 Å². The molecule has 1 rings (SSSR count). The number of carboxylic acid groups (broad SMARTS) is 1. The van der Waals surface area contributed by atoms with Gasteiger partial charge in [0, 0.05) is 12.2 Å². The maximum Gasteiger partial charge on any atom is 0.320 e. The van der Waals surface area contributed by atoms with Crippen LogP contribution in [-0.2, 0) is 14.3 Å². The van der Waals surface area contributed by atoms with Crippen molar-refractivity contribution in [2.45, 2.75) is 24.9 Å². The molecule has 0 aliphatic carbocycles. The number of hydrogen-bond acceptors (Lipinski definition) is 6. The van der Waals surface area contributed by atoms with Crippen molar-refractivity contribution in [2.24, 2.45) is 17.4 Å². The molecular weight excluding hydrogens is 262 g/mol. The van der Waals surface area contributed by atoms with E-state index in [0.29, 0.717) is 5.69 Å². The van der Waals surface area contributed by atoms with Crippen molar-refractivity contribution in [3.8, 4) is 0 Å². The van der Waals surface area contributed by atoms with Crippen LogP contribution >= 0.6 is 0 Å². The number of carbonyl (C=O) groups is 2. The molecule has 5 N–H and O–H groups in total. The highest BCUT2D eigenvalue weighted by molar-refractivity contribution is 5.76. The van der Waals surface area contributed by atoms with Crippen molar-refractivity contribution in [1.29, 1.82) is 0 Å². The fraction of sp³-hybridized carbons (Fsp3) is 0.462. The second kappa shape index (κ2) is 7.56. The molecule has 0 radical (unpaired) electrons. The number of carboxylic acids is 1. The molecule has 0 aliphatic heterocycles. The molecular formula is C13H19N3O4. The molecule has 0 spiro atoms. The quantitative estimate of drug-likeness (QED) is 0.603. The molecule has 2 unspecified atom stereocenters. The molecule has 1 aromatic heterocycles. The van der Waals surface area contributed by atoms with Gasteiger partial charge in [-0.2, -0.15) is 0 Å². The van der Waals surface area contributed by atoms with Gasteiger partial charge >= 0.3 is 11.9 Å². The average molecular weight is 281 g/mol. The van der Waals surface area contributed by atoms with E-state index in [2.05, 4.69) is 9.72 Å². The highest BCUT2D eigenvalue weighted by Crippen LogP contribution is 2.22. The molecule has 0 amide bonds. The summed E-state index contributed by atoms with van der Waals surface area (Å²) in [6.07, 6.45) is 1.80. The first kappa shape index (κ1) is 16.1. The van der Waals surface area contributed by atoms with Gasteiger partial charge in [-0.15, -0.1) is 0 Å². The number of rotatable bonds is 7. The summed E-state index contributed by atoms with van der Waals surface area (Å²) in [5, 5.41) is 8.82. The van der Waals surface area contributed by atoms with E-state index in [4.69, 9.17) is 16.6 Å². The molecule has 0 saturated carbocycles. The molecule has 0 aromatic carbocycles. The van der Waals surface area contributed by atoms with Crippen molar-refractivity contribution < 1.29 is 19.4 Å². The van der Waals surface area contributed by atoms with Crippen LogP contribution in [0.3, 0.4) is 0 Å². The summed E-state index contributed by atoms with van der Waals surface area (Å²) in [4.78, 5) is 26.6. The normalized spacial score (nSPS) is 15.2. The zero-order chi connectivity index (χ0) is 15.1. The monoisotopic (exact) mass is 281 g/mol. The zero-order valence-electron chi connectivity index (χ0n) is 11.2. The Hall–Kier alpha value is -1.99. The van der Waals surface area contributed by atoms with Crippen LogP contribution in [0.15, 0.2) is 24.4 Å². The highest BCUT2D eigenvalue weighted by Gasteiger charge is 2.28. The van der Waals surface area contributed by atoms with Crippen LogP contribution in [0, 0.1) is 5.92 Å². The fourth-order valence-electron chi connectivity index (χ4n) is 1.89. The summed E-state index contributed by atoms with van der Waals surface area (Å²) >= 11 is 0. The van der Waals surface area contributed by atoms with Crippen molar-refractivity contribution in [3.05, 3.63) is 30.1 Å². The Bertz CT molecular complexity index is 452. The van der Waals surface area contributed by atoms with Crippen LogP contribution in [0.4, 0.5) is 0 Å². The van der Waals surface area contributed by atoms with Gasteiger partial charge in [0.25, 0.3) is 0 Å². The van der Waals surface area contributed by atoms with Gasteiger partial charge in [-0.05, 0) is 25.0 Å². The van der Waals surface area contributed by atoms with E-state index < -0.39 is 29.9 Å². The Morgan fingerprint density at radius 3 is 2.55 bits per heavy atom. The minimum Gasteiger partial charge on any atom is -0.480 e. The molecule has 7 heteroatoms. The van der Waals surface area contributed by atoms with Gasteiger partial charge < -0.3 is 21.3 Å². The second-order valence-electron chi connectivity index (χ2n) is 4.50. The van der Waals surface area contributed by atoms with Crippen LogP contribution in [-0.4, -0.2) is 35.2 Å². The lowest BCUT2D eigenvalue weighted by Gasteiger charge is -2.20. The van der Waals surface area contributed by atoms with Crippen LogP contribution in [0.1, 0.15) is 24.6 Å². The van der Waals surface area contributed by atoms with E-state index in [9.17, 15) is 9.59 Å². The van der Waals surface area contributed by atoms with Gasteiger partial charge in [-0.25, -0.2) is 0 Å². The lowest BCUT2D eigenvalue weighted by Crippen LogP contribution is -2.36. The number of ether oxygens (including phenoxy) is 1. The number of methoxy groups -OCH3 is 1. The third kappa shape index (κ3) is 4.60. The van der Waals surface area contributed by atoms with E-state index in [1.165, 1.54) is 7.11 Å². The third-order valence-electron chi connectivity index (χ3n) is 3.00. The maximum atomic E-state index is 11.7. The number of esters is 1. The summed E-state index contributed by atoms with van der Waals surface area (Å²) in [5.74, 6) is -2.36. The van der Waals surface area contributed by atoms with Crippen molar-refractivity contribution in [1.82, 2.24) is 4.98 Å². The molecule has 0 saturated heterocycles. The highest BCUT2D eigenvalue weighted by atomic mass is 16.5. The maximum absolute atomic E-state index is 11.7. The van der Waals surface area contributed by atoms with Gasteiger partial charge in [-0.1, -0.05) is 6.07 Å². The largest absolute Gasteiger partial charge is 0.480 e. The van der Waals surface area contributed by atoms with Crippen LogP contribution in [0.2, 0.25) is 0 Å². The van der Waals surface area contributed by atoms with E-state index in [1.807, 2.05) is 0 Å². The van der Waals surface area contributed by atoms with E-state index in [0.717, 1.165) is 0 Å². The van der Waals surface area contributed by atoms with Gasteiger partial charge in [-0.3, -0.25) is 14.6 Å². The fourth-order valence-corrected chi connectivity index (χ4v) is 1.89. The second-order valence-corrected chi connectivity index (χ2v) is 4.50. The Morgan fingerprint density at radius 1 is 1.35 bits per heavy atom. The minimum atomic E-state index is -1.16. The van der Waals surface area contributed by atoms with Gasteiger partial charge in [0.1, 0.15) is 6.04 Å². The number of aromatic nitrogens is 1. The predicted octanol–water partition coefficient (Wildman–Crippen LogP) is 0.0627. The minimum absolute atomic E-state index is 0.0253. The number of pyridine rings is 1. The van der Waals surface area contributed by atoms with Crippen LogP contribution < -0.4 is 11.5 Å². The van der Waals surface area contributed by atoms with Gasteiger partial charge in [0.05, 0.1) is 18.7 Å². The lowest BCUT2D eigenvalue weighted by molar-refractivity contribution is -0.147. The Labute approximate surface area is 116 Å². The van der Waals surface area contributed by atoms with Crippen molar-refractivity contribution >= 4 is 11.9 Å². The Morgan fingerprint density at radius 2 is 2.05 bits per heavy atom. The smallest absolute Gasteiger partial charge is 0.320 e. The first-order valence-corrected chi connectivity index (χ1v) is 6.18. The summed E-state index contributed by atoms with van der Waals surface area (Å²) in [6.45, 7) is 0. The van der Waals surface area contributed by atoms with Gasteiger partial charge in [0.2, 0.25) is 0 Å². The van der Waals surface area contributed by atoms with Crippen molar-refractivity contribution in [2.75, 3.05) is 7.11 Å². The first-order valence-electron chi connectivity index (χ1n) is 6.18. The molecule has 1 heterocycles. The number of nitrogens with two attached hydrogens (primary N) is 2. The summed E-state index contributed by atoms with van der Waals surface area (Å²) < 4.78 is 4.67. The lowest BCUT2D eigenvalue weighted by atomic mass is 9.92. The SMILES string of the molecule is COC(=O)C(CC(N)c1ccccn1)C[C@H](N)C(=O)O. The molecule has 0 fully saturated rings. The van der Waals surface area contributed by atoms with Gasteiger partial charge in [0.15, 0.2) is 0 Å². The average Bonchev–Trinajstić information content (AvgIpc) is 2.46. The Kier molecular flexibility index (Phi) is 6.08. The van der Waals surface area contributed by atoms with Crippen LogP contribution in [0.5, 0.6) is 0 Å². The van der Waals surface area contributed by atoms with Crippen LogP contribution in [0.25, 0.3) is 0 Å². The molecule has 3 atom stereocenters. The zero-order valence-corrected chi connectivity index (χ0v) is 11.2. The van der Waals surface area contributed by atoms with E-state index >= 15 is 0 Å². The standard InChI is InChI=1S/C13H19N3O4/c1-20-13(19)8(7-10(15)12(17)18)6-9(14)11-4-2-3-5-16-11/h2-5,8-10H,6-7,14-15H2,1H3,(H,17,18)/t8?,9?,10-/m0/s1. The number of nitrogens with zero attached hydrogens (tertiary/aromatic N) is 1. The number of carbonyl (C=O) groups excluding carboxylic acids is 1. The number of aliphatic carboxylic acids is 1. The first-order chi connectivity index (χ1) is 9.45. The molecule has 0 aliphatic rings. The predicted molar refractivity (Wildman–Crippen MR) is 71.5 cm³/mol. The molecule has 110 valence electrons. The van der Waals surface area contributed by atoms with E-state index in [1.54, 1.807) is 24.4 Å².